The number of hydrogen-bond donors (Lipinski definition) is 0. The minimum absolute atomic E-state index is 0.0896. The molecule has 5 heteroatoms. The first kappa shape index (κ1) is 18.0. The molecule has 1 aromatic carbocycles. The number of allylic oxidation sites excluding steroid dienone is 1. The van der Waals surface area contributed by atoms with E-state index in [1.807, 2.05) is 43.3 Å². The van der Waals surface area contributed by atoms with E-state index in [1.54, 1.807) is 31.5 Å². The van der Waals surface area contributed by atoms with Crippen molar-refractivity contribution in [2.24, 2.45) is 5.41 Å². The number of aryl methyl sites for hydroxylation is 1. The molecule has 0 N–H and O–H groups in total. The van der Waals surface area contributed by atoms with Crippen LogP contribution in [0.1, 0.15) is 37.6 Å². The van der Waals surface area contributed by atoms with Gasteiger partial charge in [0.05, 0.1) is 17.8 Å². The summed E-state index contributed by atoms with van der Waals surface area (Å²) < 4.78 is 1.68. The Morgan fingerprint density at radius 2 is 1.96 bits per heavy atom. The van der Waals surface area contributed by atoms with Crippen molar-refractivity contribution >= 4 is 23.5 Å². The highest BCUT2D eigenvalue weighted by Crippen LogP contribution is 2.26. The number of rotatable bonds is 4. The van der Waals surface area contributed by atoms with Crippen LogP contribution in [0.2, 0.25) is 5.15 Å². The molecule has 0 saturated carbocycles. The quantitative estimate of drug-likeness (QED) is 0.611. The minimum atomic E-state index is -0.623. The molecule has 0 radical (unpaired) electrons. The summed E-state index contributed by atoms with van der Waals surface area (Å²) in [6, 6.07) is 11.8. The van der Waals surface area contributed by atoms with E-state index in [0.717, 1.165) is 5.56 Å². The maximum atomic E-state index is 12.4. The summed E-state index contributed by atoms with van der Waals surface area (Å²) in [4.78, 5) is 12.4. The van der Waals surface area contributed by atoms with Gasteiger partial charge in [0.1, 0.15) is 11.2 Å². The molecule has 0 amide bonds. The van der Waals surface area contributed by atoms with Gasteiger partial charge in [-0.05, 0) is 18.6 Å². The number of carbonyl (C=O) groups excluding carboxylic acids is 1. The van der Waals surface area contributed by atoms with Crippen molar-refractivity contribution in [3.05, 3.63) is 57.9 Å². The third-order valence-electron chi connectivity index (χ3n) is 3.62. The molecule has 0 saturated heterocycles. The predicted molar refractivity (Wildman–Crippen MR) is 95.6 cm³/mol. The first-order chi connectivity index (χ1) is 11.2. The smallest absolute Gasteiger partial charge is 0.178 e. The highest BCUT2D eigenvalue weighted by molar-refractivity contribution is 6.31. The van der Waals surface area contributed by atoms with E-state index < -0.39 is 5.41 Å². The van der Waals surface area contributed by atoms with Gasteiger partial charge in [-0.25, -0.2) is 4.68 Å². The molecule has 1 aromatic heterocycles. The van der Waals surface area contributed by atoms with Gasteiger partial charge >= 0.3 is 0 Å². The number of nitrogens with zero attached hydrogens (tertiary/aromatic N) is 3. The topological polar surface area (TPSA) is 58.7 Å². The maximum absolute atomic E-state index is 12.4. The SMILES string of the molecule is Cc1nn(Cc2ccccc2)c(Cl)c1/C=C(\C#N)C(=O)C(C)(C)C. The molecule has 2 rings (SSSR count). The van der Waals surface area contributed by atoms with Gasteiger partial charge in [0, 0.05) is 11.0 Å². The summed E-state index contributed by atoms with van der Waals surface area (Å²) in [5, 5.41) is 14.2. The van der Waals surface area contributed by atoms with Crippen LogP contribution in [0, 0.1) is 23.7 Å². The highest BCUT2D eigenvalue weighted by Gasteiger charge is 2.26. The van der Waals surface area contributed by atoms with Gasteiger partial charge < -0.3 is 0 Å². The molecule has 124 valence electrons. The molecule has 0 aliphatic carbocycles. The predicted octanol–water partition coefficient (Wildman–Crippen LogP) is 4.42. The lowest BCUT2D eigenvalue weighted by molar-refractivity contribution is -0.121. The van der Waals surface area contributed by atoms with Crippen molar-refractivity contribution in [2.45, 2.75) is 34.2 Å². The fourth-order valence-corrected chi connectivity index (χ4v) is 2.58. The number of hydrogen-bond acceptors (Lipinski definition) is 3. The van der Waals surface area contributed by atoms with Crippen molar-refractivity contribution in [1.29, 1.82) is 5.26 Å². The molecule has 0 atom stereocenters. The normalized spacial score (nSPS) is 12.1. The third kappa shape index (κ3) is 3.93. The first-order valence-electron chi connectivity index (χ1n) is 7.67. The van der Waals surface area contributed by atoms with Crippen LogP contribution in [0.25, 0.3) is 6.08 Å². The van der Waals surface area contributed by atoms with Crippen LogP contribution in [-0.2, 0) is 11.3 Å². The molecular weight excluding hydrogens is 322 g/mol. The Morgan fingerprint density at radius 1 is 1.33 bits per heavy atom. The van der Waals surface area contributed by atoms with E-state index in [4.69, 9.17) is 11.6 Å². The zero-order chi connectivity index (χ0) is 17.9. The fraction of sp³-hybridized carbons (Fsp3) is 0.316. The van der Waals surface area contributed by atoms with Gasteiger partial charge in [-0.15, -0.1) is 0 Å². The summed E-state index contributed by atoms with van der Waals surface area (Å²) in [6.07, 6.45) is 1.54. The number of halogens is 1. The van der Waals surface area contributed by atoms with Crippen LogP contribution in [0.5, 0.6) is 0 Å². The van der Waals surface area contributed by atoms with Crippen molar-refractivity contribution in [2.75, 3.05) is 0 Å². The van der Waals surface area contributed by atoms with Crippen LogP contribution in [0.15, 0.2) is 35.9 Å². The van der Waals surface area contributed by atoms with E-state index in [-0.39, 0.29) is 11.4 Å². The Hall–Kier alpha value is -2.38. The van der Waals surface area contributed by atoms with Crippen molar-refractivity contribution < 1.29 is 4.79 Å². The lowest BCUT2D eigenvalue weighted by Crippen LogP contribution is -2.21. The minimum Gasteiger partial charge on any atom is -0.293 e. The van der Waals surface area contributed by atoms with Crippen LogP contribution in [0.4, 0.5) is 0 Å². The molecule has 0 unspecified atom stereocenters. The Morgan fingerprint density at radius 3 is 2.50 bits per heavy atom. The number of aromatic nitrogens is 2. The lowest BCUT2D eigenvalue weighted by atomic mass is 9.86. The van der Waals surface area contributed by atoms with Gasteiger partial charge in [-0.3, -0.25) is 4.79 Å². The molecule has 0 spiro atoms. The molecule has 1 heterocycles. The number of nitriles is 1. The van der Waals surface area contributed by atoms with E-state index in [1.165, 1.54) is 0 Å². The van der Waals surface area contributed by atoms with E-state index in [2.05, 4.69) is 5.10 Å². The van der Waals surface area contributed by atoms with Crippen LogP contribution >= 0.6 is 11.6 Å². The van der Waals surface area contributed by atoms with Crippen molar-refractivity contribution in [3.63, 3.8) is 0 Å². The Bertz CT molecular complexity index is 821. The van der Waals surface area contributed by atoms with Crippen LogP contribution in [-0.4, -0.2) is 15.6 Å². The maximum Gasteiger partial charge on any atom is 0.178 e. The zero-order valence-corrected chi connectivity index (χ0v) is 15.1. The molecule has 24 heavy (non-hydrogen) atoms. The third-order valence-corrected chi connectivity index (χ3v) is 4.02. The summed E-state index contributed by atoms with van der Waals surface area (Å²) in [6.45, 7) is 7.70. The average molecular weight is 342 g/mol. The van der Waals surface area contributed by atoms with Gasteiger partial charge in [0.25, 0.3) is 0 Å². The standard InChI is InChI=1S/C19H20ClN3O/c1-13-16(10-15(11-21)17(24)19(2,3)4)18(20)23(22-13)12-14-8-6-5-7-9-14/h5-10H,12H2,1-4H3/b15-10+. The summed E-state index contributed by atoms with van der Waals surface area (Å²) in [7, 11) is 0. The van der Waals surface area contributed by atoms with Gasteiger partial charge in [-0.1, -0.05) is 62.7 Å². The lowest BCUT2D eigenvalue weighted by Gasteiger charge is -2.15. The summed E-state index contributed by atoms with van der Waals surface area (Å²) in [5.41, 5.74) is 1.84. The molecule has 0 aliphatic heterocycles. The largest absolute Gasteiger partial charge is 0.293 e. The van der Waals surface area contributed by atoms with Gasteiger partial charge in [-0.2, -0.15) is 10.4 Å². The monoisotopic (exact) mass is 341 g/mol. The molecule has 0 bridgehead atoms. The van der Waals surface area contributed by atoms with E-state index >= 15 is 0 Å². The Kier molecular flexibility index (Phi) is 5.26. The molecule has 0 fully saturated rings. The van der Waals surface area contributed by atoms with Crippen LogP contribution in [0.3, 0.4) is 0 Å². The second kappa shape index (κ2) is 7.02. The van der Waals surface area contributed by atoms with Crippen LogP contribution < -0.4 is 0 Å². The Balaban J connectivity index is 2.40. The van der Waals surface area contributed by atoms with Gasteiger partial charge in [0.15, 0.2) is 5.78 Å². The average Bonchev–Trinajstić information content (AvgIpc) is 2.79. The van der Waals surface area contributed by atoms with E-state index in [9.17, 15) is 10.1 Å². The number of ketones is 1. The van der Waals surface area contributed by atoms with Gasteiger partial charge in [0.2, 0.25) is 0 Å². The number of Topliss-reactive ketones (excluding diaryl/α,β-unsaturated/α-hetero) is 1. The molecule has 2 aromatic rings. The molecular formula is C19H20ClN3O. The number of carbonyl (C=O) groups is 1. The van der Waals surface area contributed by atoms with E-state index in [0.29, 0.717) is 23.0 Å². The summed E-state index contributed by atoms with van der Waals surface area (Å²) >= 11 is 6.43. The fourth-order valence-electron chi connectivity index (χ4n) is 2.29. The van der Waals surface area contributed by atoms with Crippen molar-refractivity contribution in [1.82, 2.24) is 9.78 Å². The summed E-state index contributed by atoms with van der Waals surface area (Å²) in [5.74, 6) is -0.212. The Labute approximate surface area is 147 Å². The number of benzene rings is 1. The van der Waals surface area contributed by atoms with Crippen molar-refractivity contribution in [3.8, 4) is 6.07 Å². The second-order valence-corrected chi connectivity index (χ2v) is 7.04. The first-order valence-corrected chi connectivity index (χ1v) is 8.05. The zero-order valence-electron chi connectivity index (χ0n) is 14.3. The second-order valence-electron chi connectivity index (χ2n) is 6.68. The molecule has 4 nitrogen and oxygen atoms in total. The molecule has 0 aliphatic rings. The highest BCUT2D eigenvalue weighted by atomic mass is 35.5.